The lowest BCUT2D eigenvalue weighted by atomic mass is 10.2. The molecule has 0 radical (unpaired) electrons. The SMILES string of the molecule is CCCC/C=C\O[Si](C)(C)C. The molecule has 0 bridgehead atoms. The summed E-state index contributed by atoms with van der Waals surface area (Å²) in [5, 5.41) is 0. The maximum atomic E-state index is 5.53. The minimum absolute atomic E-state index is 1.15. The second-order valence-corrected chi connectivity index (χ2v) is 8.20. The number of rotatable bonds is 5. The Labute approximate surface area is 71.6 Å². The summed E-state index contributed by atoms with van der Waals surface area (Å²) in [5.41, 5.74) is 0. The summed E-state index contributed by atoms with van der Waals surface area (Å²) < 4.78 is 5.53. The summed E-state index contributed by atoms with van der Waals surface area (Å²) in [6, 6.07) is 0. The smallest absolute Gasteiger partial charge is 0.241 e. The Morgan fingerprint density at radius 3 is 2.36 bits per heavy atom. The van der Waals surface area contributed by atoms with E-state index >= 15 is 0 Å². The summed E-state index contributed by atoms with van der Waals surface area (Å²) in [6.45, 7) is 8.78. The van der Waals surface area contributed by atoms with Gasteiger partial charge in [0.05, 0.1) is 6.26 Å². The van der Waals surface area contributed by atoms with Gasteiger partial charge in [0.1, 0.15) is 0 Å². The van der Waals surface area contributed by atoms with Gasteiger partial charge in [-0.05, 0) is 32.5 Å². The average Bonchev–Trinajstić information content (AvgIpc) is 1.85. The number of hydrogen-bond acceptors (Lipinski definition) is 1. The van der Waals surface area contributed by atoms with Gasteiger partial charge in [0.2, 0.25) is 8.32 Å². The maximum Gasteiger partial charge on any atom is 0.241 e. The first kappa shape index (κ1) is 10.8. The zero-order chi connectivity index (χ0) is 8.74. The van der Waals surface area contributed by atoms with Crippen molar-refractivity contribution in [3.63, 3.8) is 0 Å². The van der Waals surface area contributed by atoms with E-state index in [1.165, 1.54) is 12.8 Å². The van der Waals surface area contributed by atoms with Crippen LogP contribution >= 0.6 is 0 Å². The molecule has 0 unspecified atom stereocenters. The molecule has 0 fully saturated rings. The highest BCUT2D eigenvalue weighted by Crippen LogP contribution is 2.03. The molecule has 66 valence electrons. The molecule has 0 heterocycles. The largest absolute Gasteiger partial charge is 0.550 e. The molecule has 0 saturated heterocycles. The van der Waals surface area contributed by atoms with Gasteiger partial charge >= 0.3 is 0 Å². The van der Waals surface area contributed by atoms with E-state index in [1.807, 2.05) is 6.26 Å². The molecule has 0 N–H and O–H groups in total. The molecule has 0 amide bonds. The summed E-state index contributed by atoms with van der Waals surface area (Å²) in [5.74, 6) is 0. The van der Waals surface area contributed by atoms with E-state index in [4.69, 9.17) is 4.43 Å². The lowest BCUT2D eigenvalue weighted by molar-refractivity contribution is 0.476. The fourth-order valence-electron chi connectivity index (χ4n) is 0.642. The summed E-state index contributed by atoms with van der Waals surface area (Å²) in [7, 11) is -1.30. The summed E-state index contributed by atoms with van der Waals surface area (Å²) >= 11 is 0. The Kier molecular flexibility index (Phi) is 5.29. The molecule has 0 aliphatic heterocycles. The van der Waals surface area contributed by atoms with E-state index < -0.39 is 8.32 Å². The van der Waals surface area contributed by atoms with Crippen molar-refractivity contribution in [3.05, 3.63) is 12.3 Å². The van der Waals surface area contributed by atoms with Gasteiger partial charge in [0.25, 0.3) is 0 Å². The quantitative estimate of drug-likeness (QED) is 0.350. The highest BCUT2D eigenvalue weighted by atomic mass is 28.4. The van der Waals surface area contributed by atoms with E-state index in [1.54, 1.807) is 0 Å². The lowest BCUT2D eigenvalue weighted by Gasteiger charge is -2.14. The van der Waals surface area contributed by atoms with E-state index in [2.05, 4.69) is 32.6 Å². The molecule has 0 saturated carbocycles. The first-order valence-corrected chi connectivity index (χ1v) is 7.80. The third-order valence-corrected chi connectivity index (χ3v) is 2.09. The van der Waals surface area contributed by atoms with Crippen LogP contribution in [0.2, 0.25) is 19.6 Å². The zero-order valence-corrected chi connectivity index (χ0v) is 9.18. The van der Waals surface area contributed by atoms with Crippen LogP contribution in [0.4, 0.5) is 0 Å². The third kappa shape index (κ3) is 9.76. The molecule has 0 aromatic rings. The van der Waals surface area contributed by atoms with Crippen LogP contribution in [0.25, 0.3) is 0 Å². The Morgan fingerprint density at radius 1 is 1.27 bits per heavy atom. The van der Waals surface area contributed by atoms with Gasteiger partial charge in [0, 0.05) is 0 Å². The van der Waals surface area contributed by atoms with E-state index in [0.717, 1.165) is 6.42 Å². The van der Waals surface area contributed by atoms with Crippen molar-refractivity contribution in [2.24, 2.45) is 0 Å². The molecule has 11 heavy (non-hydrogen) atoms. The third-order valence-electron chi connectivity index (χ3n) is 1.24. The Hall–Kier alpha value is -0.243. The standard InChI is InChI=1S/C9H20OSi/c1-5-6-7-8-9-10-11(2,3)4/h8-9H,5-7H2,1-4H3/b9-8-. The molecule has 0 aliphatic carbocycles. The van der Waals surface area contributed by atoms with E-state index in [-0.39, 0.29) is 0 Å². The molecule has 2 heteroatoms. The highest BCUT2D eigenvalue weighted by Gasteiger charge is 2.12. The fourth-order valence-corrected chi connectivity index (χ4v) is 1.15. The van der Waals surface area contributed by atoms with Crippen LogP contribution in [-0.2, 0) is 4.43 Å². The molecular formula is C9H20OSi. The van der Waals surface area contributed by atoms with Gasteiger partial charge < -0.3 is 4.43 Å². The Morgan fingerprint density at radius 2 is 1.91 bits per heavy atom. The van der Waals surface area contributed by atoms with Crippen molar-refractivity contribution in [1.82, 2.24) is 0 Å². The minimum Gasteiger partial charge on any atom is -0.550 e. The lowest BCUT2D eigenvalue weighted by Crippen LogP contribution is -2.21. The van der Waals surface area contributed by atoms with Gasteiger partial charge in [-0.1, -0.05) is 19.4 Å². The summed E-state index contributed by atoms with van der Waals surface area (Å²) in [4.78, 5) is 0. The normalized spacial score (nSPS) is 12.4. The molecule has 0 atom stereocenters. The number of hydrogen-bond donors (Lipinski definition) is 0. The van der Waals surface area contributed by atoms with Crippen molar-refractivity contribution >= 4 is 8.32 Å². The predicted molar refractivity (Wildman–Crippen MR) is 53.1 cm³/mol. The minimum atomic E-state index is -1.30. The van der Waals surface area contributed by atoms with Crippen LogP contribution in [-0.4, -0.2) is 8.32 Å². The van der Waals surface area contributed by atoms with Crippen LogP contribution in [0.1, 0.15) is 26.2 Å². The fraction of sp³-hybridized carbons (Fsp3) is 0.778. The van der Waals surface area contributed by atoms with E-state index in [0.29, 0.717) is 0 Å². The Bertz CT molecular complexity index is 113. The molecule has 0 spiro atoms. The maximum absolute atomic E-state index is 5.53. The summed E-state index contributed by atoms with van der Waals surface area (Å²) in [6.07, 6.45) is 7.69. The monoisotopic (exact) mass is 172 g/mol. The molecular weight excluding hydrogens is 152 g/mol. The van der Waals surface area contributed by atoms with Gasteiger partial charge in [-0.2, -0.15) is 0 Å². The molecule has 0 aromatic carbocycles. The molecule has 0 aliphatic rings. The second kappa shape index (κ2) is 5.41. The van der Waals surface area contributed by atoms with Crippen molar-refractivity contribution in [3.8, 4) is 0 Å². The average molecular weight is 172 g/mol. The number of unbranched alkanes of at least 4 members (excludes halogenated alkanes) is 2. The van der Waals surface area contributed by atoms with Crippen LogP contribution in [0.3, 0.4) is 0 Å². The second-order valence-electron chi connectivity index (χ2n) is 3.74. The Balaban J connectivity index is 3.30. The van der Waals surface area contributed by atoms with Gasteiger partial charge in [-0.25, -0.2) is 0 Å². The van der Waals surface area contributed by atoms with Crippen LogP contribution < -0.4 is 0 Å². The van der Waals surface area contributed by atoms with E-state index in [9.17, 15) is 0 Å². The van der Waals surface area contributed by atoms with Crippen LogP contribution in [0, 0.1) is 0 Å². The highest BCUT2D eigenvalue weighted by molar-refractivity contribution is 6.69. The van der Waals surface area contributed by atoms with Crippen molar-refractivity contribution in [2.45, 2.75) is 45.8 Å². The number of allylic oxidation sites excluding steroid dienone is 1. The topological polar surface area (TPSA) is 9.23 Å². The molecule has 0 rings (SSSR count). The molecule has 0 aromatic heterocycles. The van der Waals surface area contributed by atoms with Gasteiger partial charge in [0.15, 0.2) is 0 Å². The van der Waals surface area contributed by atoms with Crippen LogP contribution in [0.15, 0.2) is 12.3 Å². The van der Waals surface area contributed by atoms with Crippen molar-refractivity contribution in [2.75, 3.05) is 0 Å². The molecule has 1 nitrogen and oxygen atoms in total. The van der Waals surface area contributed by atoms with Gasteiger partial charge in [-0.3, -0.25) is 0 Å². The van der Waals surface area contributed by atoms with Crippen molar-refractivity contribution < 1.29 is 4.43 Å². The van der Waals surface area contributed by atoms with Crippen molar-refractivity contribution in [1.29, 1.82) is 0 Å². The first-order valence-electron chi connectivity index (χ1n) is 4.39. The zero-order valence-electron chi connectivity index (χ0n) is 8.18. The van der Waals surface area contributed by atoms with Crippen LogP contribution in [0.5, 0.6) is 0 Å². The first-order chi connectivity index (χ1) is 5.06. The predicted octanol–water partition coefficient (Wildman–Crippen LogP) is 3.54. The van der Waals surface area contributed by atoms with Gasteiger partial charge in [-0.15, -0.1) is 0 Å².